The summed E-state index contributed by atoms with van der Waals surface area (Å²) in [6.45, 7) is 9.17. The first-order chi connectivity index (χ1) is 8.90. The second-order valence-corrected chi connectivity index (χ2v) is 6.65. The number of hydrogen-bond acceptors (Lipinski definition) is 2. The van der Waals surface area contributed by atoms with Gasteiger partial charge in [0.05, 0.1) is 6.54 Å². The fourth-order valence-corrected chi connectivity index (χ4v) is 3.18. The number of carbonyl (C=O) groups is 1. The van der Waals surface area contributed by atoms with Crippen LogP contribution < -0.4 is 5.32 Å². The summed E-state index contributed by atoms with van der Waals surface area (Å²) in [6.07, 6.45) is 1.17. The molecule has 1 N–H and O–H groups in total. The highest BCUT2D eigenvalue weighted by Crippen LogP contribution is 2.51. The Kier molecular flexibility index (Phi) is 2.72. The maximum absolute atomic E-state index is 12.2. The predicted molar refractivity (Wildman–Crippen MR) is 75.7 cm³/mol. The summed E-state index contributed by atoms with van der Waals surface area (Å²) in [7, 11) is 0. The summed E-state index contributed by atoms with van der Waals surface area (Å²) in [5, 5.41) is 3.37. The van der Waals surface area contributed by atoms with E-state index < -0.39 is 0 Å². The molecule has 1 heterocycles. The van der Waals surface area contributed by atoms with Crippen LogP contribution in [0.2, 0.25) is 0 Å². The quantitative estimate of drug-likeness (QED) is 0.884. The van der Waals surface area contributed by atoms with Crippen LogP contribution in [0.25, 0.3) is 0 Å². The second-order valence-electron chi connectivity index (χ2n) is 6.65. The molecule has 1 aromatic rings. The van der Waals surface area contributed by atoms with E-state index in [1.165, 1.54) is 16.7 Å². The third-order valence-electron chi connectivity index (χ3n) is 4.53. The molecule has 2 fully saturated rings. The molecule has 1 aliphatic heterocycles. The molecule has 0 bridgehead atoms. The fourth-order valence-electron chi connectivity index (χ4n) is 3.18. The summed E-state index contributed by atoms with van der Waals surface area (Å²) in [6, 6.07) is 6.86. The van der Waals surface area contributed by atoms with Crippen molar-refractivity contribution in [3.63, 3.8) is 0 Å². The molecule has 2 aliphatic rings. The van der Waals surface area contributed by atoms with Crippen LogP contribution in [0.15, 0.2) is 18.2 Å². The molecule has 2 unspecified atom stereocenters. The Morgan fingerprint density at radius 1 is 1.32 bits per heavy atom. The molecule has 0 radical (unpaired) electrons. The molecular weight excluding hydrogens is 236 g/mol. The van der Waals surface area contributed by atoms with Gasteiger partial charge in [-0.3, -0.25) is 10.1 Å². The molecule has 1 aliphatic carbocycles. The Morgan fingerprint density at radius 3 is 2.58 bits per heavy atom. The van der Waals surface area contributed by atoms with Gasteiger partial charge < -0.3 is 4.90 Å². The molecule has 3 rings (SSSR count). The van der Waals surface area contributed by atoms with Gasteiger partial charge in [-0.2, -0.15) is 0 Å². The second kappa shape index (κ2) is 4.07. The first kappa shape index (κ1) is 12.7. The first-order valence-electron chi connectivity index (χ1n) is 7.02. The number of rotatable bonds is 2. The molecule has 1 aromatic carbocycles. The number of benzene rings is 1. The first-order valence-corrected chi connectivity index (χ1v) is 7.02. The predicted octanol–water partition coefficient (Wildman–Crippen LogP) is 2.53. The van der Waals surface area contributed by atoms with Crippen molar-refractivity contribution in [2.45, 2.75) is 46.3 Å². The summed E-state index contributed by atoms with van der Waals surface area (Å²) < 4.78 is 0. The smallest absolute Gasteiger partial charge is 0.238 e. The van der Waals surface area contributed by atoms with Crippen molar-refractivity contribution in [2.24, 2.45) is 5.41 Å². The van der Waals surface area contributed by atoms with Gasteiger partial charge in [0, 0.05) is 6.04 Å². The van der Waals surface area contributed by atoms with Gasteiger partial charge >= 0.3 is 0 Å². The van der Waals surface area contributed by atoms with Crippen LogP contribution in [-0.4, -0.2) is 23.4 Å². The summed E-state index contributed by atoms with van der Waals surface area (Å²) >= 11 is 0. The molecule has 3 heteroatoms. The lowest BCUT2D eigenvalue weighted by Gasteiger charge is -2.27. The van der Waals surface area contributed by atoms with E-state index >= 15 is 0 Å². The van der Waals surface area contributed by atoms with Crippen LogP contribution in [0.1, 0.15) is 43.1 Å². The minimum Gasteiger partial charge on any atom is -0.318 e. The third-order valence-corrected chi connectivity index (χ3v) is 4.53. The Morgan fingerprint density at radius 2 is 2.00 bits per heavy atom. The number of amides is 1. The normalized spacial score (nSPS) is 28.8. The van der Waals surface area contributed by atoms with Crippen LogP contribution in [0.3, 0.4) is 0 Å². The molecule has 2 atom stereocenters. The fraction of sp³-hybridized carbons (Fsp3) is 0.562. The van der Waals surface area contributed by atoms with Gasteiger partial charge in [-0.05, 0) is 36.8 Å². The summed E-state index contributed by atoms with van der Waals surface area (Å²) in [5.41, 5.74) is 4.04. The zero-order chi connectivity index (χ0) is 13.8. The Labute approximate surface area is 115 Å². The van der Waals surface area contributed by atoms with Gasteiger partial charge in [-0.15, -0.1) is 0 Å². The van der Waals surface area contributed by atoms with Crippen LogP contribution >= 0.6 is 0 Å². The SMILES string of the molecule is Cc1ccc(C2NCC(=O)N2C2CC2(C)C)c(C)c1. The minimum absolute atomic E-state index is 0.0554. The van der Waals surface area contributed by atoms with Gasteiger partial charge in [0.2, 0.25) is 5.91 Å². The lowest BCUT2D eigenvalue weighted by Crippen LogP contribution is -2.34. The lowest BCUT2D eigenvalue weighted by molar-refractivity contribution is -0.129. The van der Waals surface area contributed by atoms with Gasteiger partial charge in [0.15, 0.2) is 0 Å². The van der Waals surface area contributed by atoms with E-state index in [9.17, 15) is 4.79 Å². The van der Waals surface area contributed by atoms with Crippen molar-refractivity contribution in [1.29, 1.82) is 0 Å². The number of carbonyl (C=O) groups excluding carboxylic acids is 1. The van der Waals surface area contributed by atoms with E-state index in [-0.39, 0.29) is 17.5 Å². The molecule has 19 heavy (non-hydrogen) atoms. The van der Waals surface area contributed by atoms with Crippen molar-refractivity contribution >= 4 is 5.91 Å². The monoisotopic (exact) mass is 258 g/mol. The van der Waals surface area contributed by atoms with Gasteiger partial charge in [0.25, 0.3) is 0 Å². The maximum atomic E-state index is 12.2. The van der Waals surface area contributed by atoms with E-state index in [1.807, 2.05) is 0 Å². The number of aryl methyl sites for hydroxylation is 2. The van der Waals surface area contributed by atoms with E-state index in [1.54, 1.807) is 0 Å². The van der Waals surface area contributed by atoms with Crippen LogP contribution in [0.5, 0.6) is 0 Å². The van der Waals surface area contributed by atoms with Crippen molar-refractivity contribution < 1.29 is 4.79 Å². The largest absolute Gasteiger partial charge is 0.318 e. The van der Waals surface area contributed by atoms with Crippen LogP contribution in [-0.2, 0) is 4.79 Å². The van der Waals surface area contributed by atoms with Gasteiger partial charge in [-0.25, -0.2) is 0 Å². The molecule has 0 spiro atoms. The molecule has 102 valence electrons. The Hall–Kier alpha value is -1.35. The molecule has 1 saturated carbocycles. The number of hydrogen-bond donors (Lipinski definition) is 1. The molecule has 1 amide bonds. The lowest BCUT2D eigenvalue weighted by atomic mass is 10.0. The van der Waals surface area contributed by atoms with Crippen molar-refractivity contribution in [3.05, 3.63) is 34.9 Å². The van der Waals surface area contributed by atoms with Crippen molar-refractivity contribution in [2.75, 3.05) is 6.54 Å². The van der Waals surface area contributed by atoms with Gasteiger partial charge in [-0.1, -0.05) is 37.6 Å². The van der Waals surface area contributed by atoms with Crippen LogP contribution in [0, 0.1) is 19.3 Å². The molecule has 1 saturated heterocycles. The zero-order valence-corrected chi connectivity index (χ0v) is 12.2. The average Bonchev–Trinajstić information content (AvgIpc) is 2.77. The minimum atomic E-state index is 0.0554. The van der Waals surface area contributed by atoms with E-state index in [2.05, 4.69) is 56.1 Å². The topological polar surface area (TPSA) is 32.3 Å². The van der Waals surface area contributed by atoms with E-state index in [0.29, 0.717) is 12.6 Å². The highest BCUT2D eigenvalue weighted by molar-refractivity contribution is 5.82. The zero-order valence-electron chi connectivity index (χ0n) is 12.2. The van der Waals surface area contributed by atoms with Crippen molar-refractivity contribution in [3.8, 4) is 0 Å². The Balaban J connectivity index is 1.93. The summed E-state index contributed by atoms with van der Waals surface area (Å²) in [5.74, 6) is 0.237. The van der Waals surface area contributed by atoms with Crippen molar-refractivity contribution in [1.82, 2.24) is 10.2 Å². The van der Waals surface area contributed by atoms with Gasteiger partial charge in [0.1, 0.15) is 6.17 Å². The Bertz CT molecular complexity index is 536. The standard InChI is InChI=1S/C16H22N2O/c1-10-5-6-12(11(2)7-10)15-17-9-14(19)18(15)13-8-16(13,3)4/h5-7,13,15,17H,8-9H2,1-4H3. The van der Waals surface area contributed by atoms with E-state index in [4.69, 9.17) is 0 Å². The maximum Gasteiger partial charge on any atom is 0.238 e. The highest BCUT2D eigenvalue weighted by Gasteiger charge is 2.54. The van der Waals surface area contributed by atoms with E-state index in [0.717, 1.165) is 6.42 Å². The highest BCUT2D eigenvalue weighted by atomic mass is 16.2. The number of nitrogens with one attached hydrogen (secondary N) is 1. The molecular formula is C16H22N2O. The summed E-state index contributed by atoms with van der Waals surface area (Å²) in [4.78, 5) is 14.2. The molecule has 3 nitrogen and oxygen atoms in total. The number of nitrogens with zero attached hydrogens (tertiary/aromatic N) is 1. The molecule has 0 aromatic heterocycles. The average molecular weight is 258 g/mol. The third kappa shape index (κ3) is 2.06. The van der Waals surface area contributed by atoms with Crippen LogP contribution in [0.4, 0.5) is 0 Å².